The topological polar surface area (TPSA) is 105 Å². The van der Waals surface area contributed by atoms with E-state index in [0.717, 1.165) is 0 Å². The molecule has 0 saturated heterocycles. The van der Waals surface area contributed by atoms with Gasteiger partial charge in [0.25, 0.3) is 5.91 Å². The van der Waals surface area contributed by atoms with E-state index >= 15 is 0 Å². The van der Waals surface area contributed by atoms with Gasteiger partial charge < -0.3 is 11.1 Å². The highest BCUT2D eigenvalue weighted by atomic mass is 35.5. The lowest BCUT2D eigenvalue weighted by Crippen LogP contribution is -2.30. The number of nitrogen functional groups attached to an aromatic ring is 1. The predicted molar refractivity (Wildman–Crippen MR) is 109 cm³/mol. The first-order valence-corrected chi connectivity index (χ1v) is 8.72. The zero-order chi connectivity index (χ0) is 19.4. The van der Waals surface area contributed by atoms with Gasteiger partial charge in [-0.05, 0) is 36.4 Å². The molecule has 3 rings (SSSR count). The molecule has 0 fully saturated rings. The number of hydrazine groups is 1. The number of anilines is 4. The highest BCUT2D eigenvalue weighted by molar-refractivity contribution is 6.35. The zero-order valence-corrected chi connectivity index (χ0v) is 15.9. The summed E-state index contributed by atoms with van der Waals surface area (Å²) in [5, 5.41) is 4.39. The molecule has 0 atom stereocenters. The third-order valence-electron chi connectivity index (χ3n) is 3.45. The molecule has 1 aromatic heterocycles. The number of carbonyl (C=O) groups is 1. The molecule has 27 heavy (non-hydrogen) atoms. The van der Waals surface area contributed by atoms with Crippen molar-refractivity contribution in [2.45, 2.75) is 0 Å². The van der Waals surface area contributed by atoms with Gasteiger partial charge in [0.1, 0.15) is 12.0 Å². The number of amides is 1. The van der Waals surface area contributed by atoms with E-state index in [1.54, 1.807) is 36.4 Å². The smallest absolute Gasteiger partial charge is 0.269 e. The first-order valence-electron chi connectivity index (χ1n) is 7.58. The van der Waals surface area contributed by atoms with Crippen LogP contribution in [0.4, 0.5) is 23.0 Å². The minimum atomic E-state index is -0.400. The molecule has 5 N–H and O–H groups in total. The maximum absolute atomic E-state index is 12.2. The lowest BCUT2D eigenvalue weighted by Gasteiger charge is -2.14. The van der Waals surface area contributed by atoms with E-state index in [-0.39, 0.29) is 11.5 Å². The van der Waals surface area contributed by atoms with Crippen LogP contribution >= 0.6 is 34.8 Å². The summed E-state index contributed by atoms with van der Waals surface area (Å²) >= 11 is 18.0. The van der Waals surface area contributed by atoms with Crippen molar-refractivity contribution < 1.29 is 4.79 Å². The lowest BCUT2D eigenvalue weighted by molar-refractivity contribution is 0.0962. The van der Waals surface area contributed by atoms with Crippen LogP contribution < -0.4 is 21.9 Å². The van der Waals surface area contributed by atoms with Crippen LogP contribution in [0.1, 0.15) is 10.4 Å². The van der Waals surface area contributed by atoms with E-state index in [0.29, 0.717) is 32.1 Å². The number of benzene rings is 2. The van der Waals surface area contributed by atoms with E-state index in [1.165, 1.54) is 12.4 Å². The first-order chi connectivity index (χ1) is 12.9. The highest BCUT2D eigenvalue weighted by Gasteiger charge is 2.12. The summed E-state index contributed by atoms with van der Waals surface area (Å²) in [5.41, 5.74) is 12.3. The fourth-order valence-electron chi connectivity index (χ4n) is 2.13. The second-order valence-corrected chi connectivity index (χ2v) is 6.60. The van der Waals surface area contributed by atoms with Crippen molar-refractivity contribution in [3.8, 4) is 0 Å². The lowest BCUT2D eigenvalue weighted by atomic mass is 10.2. The third kappa shape index (κ3) is 4.71. The number of hydrogen-bond donors (Lipinski definition) is 4. The van der Waals surface area contributed by atoms with Crippen LogP contribution in [0.15, 0.2) is 48.8 Å². The molecule has 1 amide bonds. The largest absolute Gasteiger partial charge is 0.393 e. The maximum Gasteiger partial charge on any atom is 0.269 e. The van der Waals surface area contributed by atoms with Crippen molar-refractivity contribution in [3.05, 3.63) is 69.4 Å². The molecule has 10 heteroatoms. The summed E-state index contributed by atoms with van der Waals surface area (Å²) in [4.78, 5) is 20.3. The number of carbonyl (C=O) groups excluding carboxylic acids is 1. The Hall–Kier alpha value is -2.74. The van der Waals surface area contributed by atoms with Gasteiger partial charge in [0, 0.05) is 15.6 Å². The van der Waals surface area contributed by atoms with Gasteiger partial charge in [0.05, 0.1) is 10.7 Å². The van der Waals surface area contributed by atoms with Crippen molar-refractivity contribution in [1.29, 1.82) is 0 Å². The van der Waals surface area contributed by atoms with Crippen molar-refractivity contribution in [2.24, 2.45) is 0 Å². The number of nitrogens with one attached hydrogen (secondary N) is 3. The zero-order valence-electron chi connectivity index (χ0n) is 13.6. The average molecular weight is 424 g/mol. The average Bonchev–Trinajstić information content (AvgIpc) is 2.65. The van der Waals surface area contributed by atoms with Crippen LogP contribution in [0.25, 0.3) is 0 Å². The van der Waals surface area contributed by atoms with Crippen LogP contribution in [0.2, 0.25) is 15.1 Å². The van der Waals surface area contributed by atoms with E-state index in [4.69, 9.17) is 40.5 Å². The summed E-state index contributed by atoms with van der Waals surface area (Å²) in [6.07, 6.45) is 1.28. The Labute approximate surface area is 169 Å². The van der Waals surface area contributed by atoms with Crippen molar-refractivity contribution in [3.63, 3.8) is 0 Å². The minimum absolute atomic E-state index is 0.180. The van der Waals surface area contributed by atoms with Crippen LogP contribution in [0.3, 0.4) is 0 Å². The maximum atomic E-state index is 12.2. The second-order valence-electron chi connectivity index (χ2n) is 5.32. The fourth-order valence-corrected chi connectivity index (χ4v) is 2.66. The fraction of sp³-hybridized carbons (Fsp3) is 0. The van der Waals surface area contributed by atoms with Gasteiger partial charge in [-0.25, -0.2) is 9.97 Å². The summed E-state index contributed by atoms with van der Waals surface area (Å²) in [6, 6.07) is 11.5. The number of nitrogens with zero attached hydrogens (tertiary/aromatic N) is 2. The van der Waals surface area contributed by atoms with E-state index in [9.17, 15) is 4.79 Å². The van der Waals surface area contributed by atoms with Gasteiger partial charge in [-0.1, -0.05) is 40.9 Å². The van der Waals surface area contributed by atoms with Crippen LogP contribution in [-0.4, -0.2) is 15.9 Å². The summed E-state index contributed by atoms with van der Waals surface area (Å²) in [6.45, 7) is 0. The summed E-state index contributed by atoms with van der Waals surface area (Å²) in [5.74, 6) is 0.109. The highest BCUT2D eigenvalue weighted by Crippen LogP contribution is 2.31. The first kappa shape index (κ1) is 19.0. The molecule has 0 saturated carbocycles. The van der Waals surface area contributed by atoms with Crippen molar-refractivity contribution >= 4 is 63.7 Å². The molecule has 2 aromatic carbocycles. The number of aromatic nitrogens is 2. The third-order valence-corrected chi connectivity index (χ3v) is 4.25. The Morgan fingerprint density at radius 1 is 0.963 bits per heavy atom. The summed E-state index contributed by atoms with van der Waals surface area (Å²) < 4.78 is 0. The molecule has 0 aliphatic heterocycles. The number of nitrogens with two attached hydrogens (primary N) is 1. The molecule has 138 valence electrons. The molecule has 0 aliphatic rings. The van der Waals surface area contributed by atoms with Gasteiger partial charge >= 0.3 is 0 Å². The molecule has 0 spiro atoms. The Bertz CT molecular complexity index is 998. The molecule has 0 unspecified atom stereocenters. The van der Waals surface area contributed by atoms with Gasteiger partial charge in [0.15, 0.2) is 11.6 Å². The van der Waals surface area contributed by atoms with Gasteiger partial charge in [0.2, 0.25) is 0 Å². The van der Waals surface area contributed by atoms with Gasteiger partial charge in [-0.15, -0.1) is 0 Å². The van der Waals surface area contributed by atoms with Crippen LogP contribution in [-0.2, 0) is 0 Å². The number of hydrogen-bond acceptors (Lipinski definition) is 6. The molecule has 0 aliphatic carbocycles. The van der Waals surface area contributed by atoms with Gasteiger partial charge in [-0.2, -0.15) is 0 Å². The van der Waals surface area contributed by atoms with E-state index < -0.39 is 5.91 Å². The molecule has 3 aromatic rings. The second kappa shape index (κ2) is 8.30. The minimum Gasteiger partial charge on any atom is -0.393 e. The number of halogens is 3. The SMILES string of the molecule is Nc1c(NNC(=O)c2cccc(Cl)c2)ncnc1Nc1cc(Cl)ccc1Cl. The van der Waals surface area contributed by atoms with E-state index in [1.807, 2.05) is 0 Å². The Balaban J connectivity index is 1.75. The monoisotopic (exact) mass is 422 g/mol. The van der Waals surface area contributed by atoms with Crippen molar-refractivity contribution in [1.82, 2.24) is 15.4 Å². The molecule has 1 heterocycles. The predicted octanol–water partition coefficient (Wildman–Crippen LogP) is 4.52. The van der Waals surface area contributed by atoms with Gasteiger partial charge in [-0.3, -0.25) is 15.6 Å². The van der Waals surface area contributed by atoms with Crippen LogP contribution in [0.5, 0.6) is 0 Å². The molecular weight excluding hydrogens is 411 g/mol. The Kier molecular flexibility index (Phi) is 5.85. The Morgan fingerprint density at radius 2 is 1.70 bits per heavy atom. The van der Waals surface area contributed by atoms with E-state index in [2.05, 4.69) is 26.1 Å². The standard InChI is InChI=1S/C17H13Cl3N6O/c18-10-3-1-2-9(6-10)17(27)26-25-16-14(21)15(22-8-23-16)24-13-7-11(19)4-5-12(13)20/h1-8H,21H2,(H,26,27)(H2,22,23,24,25). The molecule has 0 bridgehead atoms. The molecule has 7 nitrogen and oxygen atoms in total. The quantitative estimate of drug-likeness (QED) is 0.450. The van der Waals surface area contributed by atoms with Crippen LogP contribution in [0, 0.1) is 0 Å². The normalized spacial score (nSPS) is 10.3. The Morgan fingerprint density at radius 3 is 2.48 bits per heavy atom. The summed E-state index contributed by atoms with van der Waals surface area (Å²) in [7, 11) is 0. The molecular formula is C17H13Cl3N6O. The van der Waals surface area contributed by atoms with Crippen molar-refractivity contribution in [2.75, 3.05) is 16.5 Å². The molecule has 0 radical (unpaired) electrons. The number of rotatable bonds is 5.